The Hall–Kier alpha value is -1.47. The monoisotopic (exact) mass is 347 g/mol. The van der Waals surface area contributed by atoms with Gasteiger partial charge in [-0.3, -0.25) is 14.6 Å². The van der Waals surface area contributed by atoms with E-state index in [1.54, 1.807) is 0 Å². The number of aliphatic hydroxyl groups is 1. The van der Waals surface area contributed by atoms with Gasteiger partial charge in [0.05, 0.1) is 19.3 Å². The molecule has 0 spiro atoms. The van der Waals surface area contributed by atoms with Crippen LogP contribution in [0.4, 0.5) is 0 Å². The van der Waals surface area contributed by atoms with Gasteiger partial charge in [0.1, 0.15) is 0 Å². The van der Waals surface area contributed by atoms with Crippen LogP contribution >= 0.6 is 0 Å². The summed E-state index contributed by atoms with van der Waals surface area (Å²) in [6.07, 6.45) is 0.0318. The first-order valence-electron chi connectivity index (χ1n) is 9.23. The maximum Gasteiger partial charge on any atom is 0.223 e. The Bertz CT molecular complexity index is 534. The molecule has 6 heteroatoms. The van der Waals surface area contributed by atoms with E-state index in [0.29, 0.717) is 26.1 Å². The summed E-state index contributed by atoms with van der Waals surface area (Å²) in [6, 6.07) is 10.3. The second-order valence-corrected chi connectivity index (χ2v) is 6.92. The molecule has 0 aliphatic carbocycles. The Balaban J connectivity index is 1.47. The van der Waals surface area contributed by atoms with Gasteiger partial charge in [-0.2, -0.15) is 0 Å². The third kappa shape index (κ3) is 5.78. The van der Waals surface area contributed by atoms with E-state index in [1.165, 1.54) is 5.56 Å². The number of aliphatic hydroxyl groups excluding tert-OH is 1. The predicted molar refractivity (Wildman–Crippen MR) is 96.2 cm³/mol. The number of amides is 1. The number of carbonyl (C=O) groups is 1. The smallest absolute Gasteiger partial charge is 0.223 e. The SMILES string of the molecule is O=C(CCN1CCOCC1)N1CCN(Cc2ccccc2)C[C@@H](O)C1. The third-order valence-corrected chi connectivity index (χ3v) is 4.93. The van der Waals surface area contributed by atoms with Crippen molar-refractivity contribution in [1.82, 2.24) is 14.7 Å². The van der Waals surface area contributed by atoms with Crippen molar-refractivity contribution in [3.05, 3.63) is 35.9 Å². The van der Waals surface area contributed by atoms with E-state index in [0.717, 1.165) is 45.9 Å². The predicted octanol–water partition coefficient (Wildman–Crippen LogP) is 0.414. The summed E-state index contributed by atoms with van der Waals surface area (Å²) >= 11 is 0. The van der Waals surface area contributed by atoms with Gasteiger partial charge < -0.3 is 14.7 Å². The van der Waals surface area contributed by atoms with Crippen LogP contribution in [0, 0.1) is 0 Å². The van der Waals surface area contributed by atoms with Crippen LogP contribution in [0.1, 0.15) is 12.0 Å². The lowest BCUT2D eigenvalue weighted by molar-refractivity contribution is -0.132. The molecule has 0 saturated carbocycles. The van der Waals surface area contributed by atoms with Gasteiger partial charge in [-0.05, 0) is 5.56 Å². The number of morpholine rings is 1. The number of β-amino-alcohol motifs (C(OH)–C–C–N with tert-alkyl or cyclic N) is 1. The summed E-state index contributed by atoms with van der Waals surface area (Å²) in [4.78, 5) is 18.9. The zero-order valence-electron chi connectivity index (χ0n) is 14.8. The first-order chi connectivity index (χ1) is 12.2. The number of carbonyl (C=O) groups excluding carboxylic acids is 1. The highest BCUT2D eigenvalue weighted by molar-refractivity contribution is 5.76. The lowest BCUT2D eigenvalue weighted by Crippen LogP contribution is -2.41. The number of hydrogen-bond acceptors (Lipinski definition) is 5. The number of ether oxygens (including phenoxy) is 1. The molecule has 2 aliphatic heterocycles. The number of nitrogens with zero attached hydrogens (tertiary/aromatic N) is 3. The summed E-state index contributed by atoms with van der Waals surface area (Å²) in [5.74, 6) is 0.145. The normalized spacial score (nSPS) is 23.4. The summed E-state index contributed by atoms with van der Waals surface area (Å²) in [6.45, 7) is 7.45. The first-order valence-corrected chi connectivity index (χ1v) is 9.23. The van der Waals surface area contributed by atoms with Crippen LogP contribution < -0.4 is 0 Å². The zero-order valence-corrected chi connectivity index (χ0v) is 14.8. The van der Waals surface area contributed by atoms with Crippen molar-refractivity contribution in [3.8, 4) is 0 Å². The summed E-state index contributed by atoms with van der Waals surface area (Å²) < 4.78 is 5.34. The summed E-state index contributed by atoms with van der Waals surface area (Å²) in [5.41, 5.74) is 1.24. The number of benzene rings is 1. The minimum Gasteiger partial charge on any atom is -0.390 e. The van der Waals surface area contributed by atoms with Crippen molar-refractivity contribution in [3.63, 3.8) is 0 Å². The minimum absolute atomic E-state index is 0.145. The standard InChI is InChI=1S/C19H29N3O3/c23-18-15-21(14-17-4-2-1-3-5-17)8-9-22(16-18)19(24)6-7-20-10-12-25-13-11-20/h1-5,18,23H,6-16H2/t18-/m1/s1. The molecule has 6 nitrogen and oxygen atoms in total. The lowest BCUT2D eigenvalue weighted by Gasteiger charge is -2.28. The van der Waals surface area contributed by atoms with Crippen molar-refractivity contribution < 1.29 is 14.6 Å². The molecule has 0 aromatic heterocycles. The molecule has 0 bridgehead atoms. The third-order valence-electron chi connectivity index (χ3n) is 4.93. The molecule has 2 heterocycles. The number of rotatable bonds is 5. The molecule has 1 aromatic carbocycles. The highest BCUT2D eigenvalue weighted by Crippen LogP contribution is 2.11. The van der Waals surface area contributed by atoms with E-state index in [1.807, 2.05) is 23.1 Å². The van der Waals surface area contributed by atoms with Crippen LogP contribution in [0.2, 0.25) is 0 Å². The molecule has 25 heavy (non-hydrogen) atoms. The zero-order chi connectivity index (χ0) is 17.5. The first kappa shape index (κ1) is 18.3. The van der Waals surface area contributed by atoms with Crippen molar-refractivity contribution in [2.45, 2.75) is 19.1 Å². The largest absolute Gasteiger partial charge is 0.390 e. The fraction of sp³-hybridized carbons (Fsp3) is 0.632. The van der Waals surface area contributed by atoms with Gasteiger partial charge in [0.25, 0.3) is 0 Å². The van der Waals surface area contributed by atoms with Gasteiger partial charge in [0.2, 0.25) is 5.91 Å². The van der Waals surface area contributed by atoms with Crippen molar-refractivity contribution in [2.75, 3.05) is 59.0 Å². The van der Waals surface area contributed by atoms with E-state index >= 15 is 0 Å². The second kappa shape index (κ2) is 9.29. The van der Waals surface area contributed by atoms with Gasteiger partial charge in [0.15, 0.2) is 0 Å². The highest BCUT2D eigenvalue weighted by Gasteiger charge is 2.24. The van der Waals surface area contributed by atoms with Crippen molar-refractivity contribution in [2.24, 2.45) is 0 Å². The van der Waals surface area contributed by atoms with E-state index in [-0.39, 0.29) is 5.91 Å². The molecule has 1 amide bonds. The Kier molecular flexibility index (Phi) is 6.81. The van der Waals surface area contributed by atoms with Crippen LogP contribution in [0.15, 0.2) is 30.3 Å². The van der Waals surface area contributed by atoms with Crippen LogP contribution in [0.25, 0.3) is 0 Å². The Morgan fingerprint density at radius 2 is 1.80 bits per heavy atom. The molecule has 138 valence electrons. The molecule has 2 fully saturated rings. The average molecular weight is 347 g/mol. The molecule has 0 unspecified atom stereocenters. The Morgan fingerprint density at radius 3 is 2.56 bits per heavy atom. The lowest BCUT2D eigenvalue weighted by atomic mass is 10.2. The molecule has 1 N–H and O–H groups in total. The minimum atomic E-state index is -0.487. The van der Waals surface area contributed by atoms with Gasteiger partial charge >= 0.3 is 0 Å². The molecule has 0 radical (unpaired) electrons. The maximum absolute atomic E-state index is 12.5. The van der Waals surface area contributed by atoms with Crippen molar-refractivity contribution in [1.29, 1.82) is 0 Å². The van der Waals surface area contributed by atoms with E-state index in [4.69, 9.17) is 4.74 Å². The molecule has 2 aliphatic rings. The van der Waals surface area contributed by atoms with Crippen LogP contribution in [0.5, 0.6) is 0 Å². The van der Waals surface area contributed by atoms with Crippen LogP contribution in [-0.4, -0.2) is 90.8 Å². The van der Waals surface area contributed by atoms with E-state index in [2.05, 4.69) is 21.9 Å². The summed E-state index contributed by atoms with van der Waals surface area (Å²) in [5, 5.41) is 10.3. The molecular formula is C19H29N3O3. The van der Waals surface area contributed by atoms with Gasteiger partial charge in [-0.15, -0.1) is 0 Å². The van der Waals surface area contributed by atoms with Crippen LogP contribution in [-0.2, 0) is 16.1 Å². The maximum atomic E-state index is 12.5. The topological polar surface area (TPSA) is 56.2 Å². The van der Waals surface area contributed by atoms with Crippen LogP contribution in [0.3, 0.4) is 0 Å². The van der Waals surface area contributed by atoms with Gasteiger partial charge in [-0.1, -0.05) is 30.3 Å². The number of hydrogen-bond donors (Lipinski definition) is 1. The Morgan fingerprint density at radius 1 is 1.04 bits per heavy atom. The quantitative estimate of drug-likeness (QED) is 0.836. The van der Waals surface area contributed by atoms with E-state index < -0.39 is 6.10 Å². The molecule has 1 aromatic rings. The fourth-order valence-corrected chi connectivity index (χ4v) is 3.50. The highest BCUT2D eigenvalue weighted by atomic mass is 16.5. The van der Waals surface area contributed by atoms with E-state index in [9.17, 15) is 9.90 Å². The fourth-order valence-electron chi connectivity index (χ4n) is 3.50. The van der Waals surface area contributed by atoms with Crippen molar-refractivity contribution >= 4 is 5.91 Å². The molecule has 2 saturated heterocycles. The summed E-state index contributed by atoms with van der Waals surface area (Å²) in [7, 11) is 0. The Labute approximate surface area is 150 Å². The molecular weight excluding hydrogens is 318 g/mol. The van der Waals surface area contributed by atoms with Gasteiger partial charge in [0, 0.05) is 58.8 Å². The average Bonchev–Trinajstić information content (AvgIpc) is 2.82. The van der Waals surface area contributed by atoms with Gasteiger partial charge in [-0.25, -0.2) is 0 Å². The second-order valence-electron chi connectivity index (χ2n) is 6.92. The molecule has 3 rings (SSSR count). The molecule has 1 atom stereocenters.